The van der Waals surface area contributed by atoms with Crippen LogP contribution in [0.5, 0.6) is 0 Å². The van der Waals surface area contributed by atoms with Crippen molar-refractivity contribution in [3.63, 3.8) is 0 Å². The molecule has 1 unspecified atom stereocenters. The maximum absolute atomic E-state index is 5.80. The van der Waals surface area contributed by atoms with Crippen molar-refractivity contribution in [3.8, 4) is 0 Å². The van der Waals surface area contributed by atoms with Gasteiger partial charge in [-0.1, -0.05) is 6.42 Å². The monoisotopic (exact) mass is 264 g/mol. The van der Waals surface area contributed by atoms with Crippen LogP contribution in [-0.4, -0.2) is 37.4 Å². The molecule has 0 rings (SSSR count). The second kappa shape index (κ2) is 9.35. The molecular weight excluding hydrogens is 236 g/mol. The summed E-state index contributed by atoms with van der Waals surface area (Å²) in [5, 5.41) is 0. The third-order valence-electron chi connectivity index (χ3n) is 2.59. The van der Waals surface area contributed by atoms with Crippen LogP contribution in [0.4, 0.5) is 0 Å². The summed E-state index contributed by atoms with van der Waals surface area (Å²) >= 11 is 0. The second-order valence-corrected chi connectivity index (χ2v) is 10.0. The molecule has 0 aromatic carbocycles. The summed E-state index contributed by atoms with van der Waals surface area (Å²) in [5.41, 5.74) is 0. The fraction of sp³-hybridized carbons (Fsp3) is 1.00. The lowest BCUT2D eigenvalue weighted by Gasteiger charge is -2.26. The van der Waals surface area contributed by atoms with Gasteiger partial charge in [0.05, 0.1) is 0 Å². The van der Waals surface area contributed by atoms with Gasteiger partial charge in [0.25, 0.3) is 0 Å². The van der Waals surface area contributed by atoms with E-state index in [4.69, 9.17) is 13.3 Å². The molecule has 0 saturated heterocycles. The second-order valence-electron chi connectivity index (χ2n) is 4.16. The van der Waals surface area contributed by atoms with E-state index >= 15 is 0 Å². The van der Waals surface area contributed by atoms with Gasteiger partial charge in [0, 0.05) is 19.8 Å². The summed E-state index contributed by atoms with van der Waals surface area (Å²) in [7, 11) is -2.79. The Morgan fingerprint density at radius 1 is 1.00 bits per heavy atom. The summed E-state index contributed by atoms with van der Waals surface area (Å²) in [6.45, 7) is 13.0. The first kappa shape index (κ1) is 16.3. The van der Waals surface area contributed by atoms with Gasteiger partial charge in [-0.25, -0.2) is 0 Å². The molecule has 0 aliphatic heterocycles. The van der Waals surface area contributed by atoms with Crippen LogP contribution < -0.4 is 0 Å². The Balaban J connectivity index is 3.83. The highest BCUT2D eigenvalue weighted by Gasteiger charge is 2.30. The van der Waals surface area contributed by atoms with Gasteiger partial charge in [0.1, 0.15) is 0 Å². The van der Waals surface area contributed by atoms with Gasteiger partial charge in [-0.3, -0.25) is 0 Å². The summed E-state index contributed by atoms with van der Waals surface area (Å²) in [4.78, 5) is 0. The Bertz CT molecular complexity index is 161. The maximum atomic E-state index is 5.80. The van der Waals surface area contributed by atoms with Crippen LogP contribution in [0.15, 0.2) is 0 Å². The minimum absolute atomic E-state index is 0.765. The van der Waals surface area contributed by atoms with E-state index in [1.807, 2.05) is 13.8 Å². The van der Waals surface area contributed by atoms with Crippen molar-refractivity contribution in [2.24, 2.45) is 0 Å². The van der Waals surface area contributed by atoms with Crippen molar-refractivity contribution in [2.45, 2.75) is 52.4 Å². The number of hydrogen-bond acceptors (Lipinski definition) is 3. The van der Waals surface area contributed by atoms with Crippen molar-refractivity contribution in [3.05, 3.63) is 0 Å². The van der Waals surface area contributed by atoms with Gasteiger partial charge in [-0.15, -0.1) is 0 Å². The van der Waals surface area contributed by atoms with Gasteiger partial charge in [0.2, 0.25) is 0 Å². The van der Waals surface area contributed by atoms with Crippen LogP contribution in [0.25, 0.3) is 0 Å². The third-order valence-corrected chi connectivity index (χ3v) is 7.78. The highest BCUT2D eigenvalue weighted by Crippen LogP contribution is 2.18. The minimum Gasteiger partial charge on any atom is -0.421 e. The Labute approximate surface area is 103 Å². The van der Waals surface area contributed by atoms with Crippen LogP contribution >= 0.6 is 0 Å². The zero-order valence-electron chi connectivity index (χ0n) is 11.5. The Morgan fingerprint density at radius 3 is 2.00 bits per heavy atom. The molecule has 1 atom stereocenters. The van der Waals surface area contributed by atoms with E-state index in [0.29, 0.717) is 0 Å². The first-order valence-electron chi connectivity index (χ1n) is 6.47. The van der Waals surface area contributed by atoms with E-state index in [2.05, 4.69) is 20.0 Å². The van der Waals surface area contributed by atoms with Gasteiger partial charge >= 0.3 is 8.56 Å². The lowest BCUT2D eigenvalue weighted by atomic mass is 10.6. The van der Waals surface area contributed by atoms with Crippen LogP contribution in [0, 0.1) is 0 Å². The van der Waals surface area contributed by atoms with Crippen LogP contribution in [0.1, 0.15) is 27.2 Å². The molecule has 0 aromatic rings. The molecule has 5 heteroatoms. The predicted octanol–water partition coefficient (Wildman–Crippen LogP) is 2.91. The average Bonchev–Trinajstić information content (AvgIpc) is 2.18. The molecule has 0 N–H and O–H groups in total. The smallest absolute Gasteiger partial charge is 0.334 e. The molecule has 0 bridgehead atoms. The normalized spacial score (nSPS) is 14.1. The third kappa shape index (κ3) is 7.56. The van der Waals surface area contributed by atoms with Crippen LogP contribution in [-0.2, 0) is 13.3 Å². The van der Waals surface area contributed by atoms with Gasteiger partial charge in [-0.05, 0) is 46.0 Å². The molecule has 0 aliphatic rings. The van der Waals surface area contributed by atoms with Crippen molar-refractivity contribution < 1.29 is 13.3 Å². The van der Waals surface area contributed by atoms with E-state index in [1.54, 1.807) is 0 Å². The topological polar surface area (TPSA) is 27.7 Å². The highest BCUT2D eigenvalue weighted by atomic mass is 28.4. The molecule has 98 valence electrons. The Morgan fingerprint density at radius 2 is 1.56 bits per heavy atom. The molecule has 0 heterocycles. The molecular formula is C11H28O3Si2. The summed E-state index contributed by atoms with van der Waals surface area (Å²) in [5.74, 6) is 0. The Kier molecular flexibility index (Phi) is 9.54. The fourth-order valence-corrected chi connectivity index (χ4v) is 6.24. The summed E-state index contributed by atoms with van der Waals surface area (Å²) in [6, 6.07) is 2.33. The predicted molar refractivity (Wildman–Crippen MR) is 73.7 cm³/mol. The molecule has 0 saturated carbocycles. The molecule has 0 fully saturated rings. The van der Waals surface area contributed by atoms with Crippen molar-refractivity contribution in [1.29, 1.82) is 0 Å². The first-order valence-corrected chi connectivity index (χ1v) is 11.4. The Hall–Kier alpha value is 0.314. The lowest BCUT2D eigenvalue weighted by molar-refractivity contribution is 0.188. The molecule has 0 radical (unpaired) electrons. The van der Waals surface area contributed by atoms with E-state index in [-0.39, 0.29) is 0 Å². The van der Waals surface area contributed by atoms with Crippen molar-refractivity contribution in [2.75, 3.05) is 19.8 Å². The van der Waals surface area contributed by atoms with Crippen molar-refractivity contribution >= 4 is 17.6 Å². The van der Waals surface area contributed by atoms with Crippen LogP contribution in [0.2, 0.25) is 25.2 Å². The summed E-state index contributed by atoms with van der Waals surface area (Å²) in [6.07, 6.45) is 1.19. The summed E-state index contributed by atoms with van der Waals surface area (Å²) < 4.78 is 17.3. The largest absolute Gasteiger partial charge is 0.421 e. The van der Waals surface area contributed by atoms with Crippen molar-refractivity contribution in [1.82, 2.24) is 0 Å². The zero-order valence-corrected chi connectivity index (χ0v) is 13.7. The van der Waals surface area contributed by atoms with E-state index in [1.165, 1.54) is 12.5 Å². The maximum Gasteiger partial charge on any atom is 0.334 e. The molecule has 0 amide bonds. The standard InChI is InChI=1S/C11H28O3Si2/c1-6-12-15(4)10-9-11-16(5,13-7-2)14-8-3/h15H,6-11H2,1-5H3. The van der Waals surface area contributed by atoms with Gasteiger partial charge < -0.3 is 13.3 Å². The lowest BCUT2D eigenvalue weighted by Crippen LogP contribution is -2.38. The molecule has 0 spiro atoms. The van der Waals surface area contributed by atoms with E-state index in [9.17, 15) is 0 Å². The number of hydrogen-bond donors (Lipinski definition) is 0. The molecule has 16 heavy (non-hydrogen) atoms. The highest BCUT2D eigenvalue weighted by molar-refractivity contribution is 6.66. The minimum atomic E-state index is -1.87. The van der Waals surface area contributed by atoms with E-state index in [0.717, 1.165) is 25.9 Å². The van der Waals surface area contributed by atoms with Crippen LogP contribution in [0.3, 0.4) is 0 Å². The average molecular weight is 265 g/mol. The SMILES string of the molecule is CCO[SiH](C)CCC[Si](C)(OCC)OCC. The van der Waals surface area contributed by atoms with Gasteiger partial charge in [0.15, 0.2) is 9.04 Å². The van der Waals surface area contributed by atoms with Gasteiger partial charge in [-0.2, -0.15) is 0 Å². The molecule has 3 nitrogen and oxygen atoms in total. The zero-order chi connectivity index (χ0) is 12.4. The first-order chi connectivity index (χ1) is 7.58. The number of rotatable bonds is 10. The quantitative estimate of drug-likeness (QED) is 0.568. The molecule has 0 aliphatic carbocycles. The fourth-order valence-electron chi connectivity index (χ4n) is 1.88. The molecule has 0 aromatic heterocycles. The van der Waals surface area contributed by atoms with E-state index < -0.39 is 17.6 Å².